The van der Waals surface area contributed by atoms with Crippen LogP contribution in [0.1, 0.15) is 60.3 Å². The van der Waals surface area contributed by atoms with Gasteiger partial charge in [0.05, 0.1) is 61.4 Å². The SMILES string of the molecule is CNc1nc(Nc2ccc(C(=O)N3CCN(CCOCCOCCSC(C)(C)C(NC(=O)C4(F)CC4)C(=O)N4C[C@H](O)C[C@H]4C(=O)NCc4ccc(-c5scnc5C)cc4)CC3)cc2OC)ncc1C(F)(F)F. The second-order valence-corrected chi connectivity index (χ2v) is 21.1. The van der Waals surface area contributed by atoms with Crippen LogP contribution in [0.3, 0.4) is 0 Å². The summed E-state index contributed by atoms with van der Waals surface area (Å²) in [6.45, 7) is 9.79. The van der Waals surface area contributed by atoms with Gasteiger partial charge in [0.2, 0.25) is 17.8 Å². The van der Waals surface area contributed by atoms with Crippen LogP contribution in [0.2, 0.25) is 0 Å². The number of ether oxygens (including phenoxy) is 3. The molecule has 24 heteroatoms. The second kappa shape index (κ2) is 24.1. The first-order valence-corrected chi connectivity index (χ1v) is 25.8. The summed E-state index contributed by atoms with van der Waals surface area (Å²) in [6, 6.07) is 10.3. The highest BCUT2D eigenvalue weighted by molar-refractivity contribution is 8.00. The van der Waals surface area contributed by atoms with Gasteiger partial charge < -0.3 is 50.4 Å². The zero-order valence-corrected chi connectivity index (χ0v) is 43.0. The average Bonchev–Trinajstić information content (AvgIpc) is 3.78. The zero-order valence-electron chi connectivity index (χ0n) is 41.4. The molecule has 4 amide bonds. The Balaban J connectivity index is 0.814. The number of halogens is 4. The number of alkyl halides is 4. The normalized spacial score (nSPS) is 18.3. The number of nitrogens with one attached hydrogen (secondary N) is 4. The third-order valence-electron chi connectivity index (χ3n) is 12.9. The molecule has 2 aromatic carbocycles. The highest BCUT2D eigenvalue weighted by Crippen LogP contribution is 2.41. The van der Waals surface area contributed by atoms with E-state index in [0.717, 1.165) is 21.7 Å². The van der Waals surface area contributed by atoms with Gasteiger partial charge in [-0.05, 0) is 62.9 Å². The third-order valence-corrected chi connectivity index (χ3v) is 15.2. The molecule has 18 nitrogen and oxygen atoms in total. The van der Waals surface area contributed by atoms with Crippen LogP contribution in [-0.2, 0) is 36.6 Å². The Morgan fingerprint density at radius 1 is 0.986 bits per heavy atom. The van der Waals surface area contributed by atoms with E-state index in [4.69, 9.17) is 14.2 Å². The maximum absolute atomic E-state index is 15.0. The first kappa shape index (κ1) is 55.1. The molecule has 1 aliphatic carbocycles. The lowest BCUT2D eigenvalue weighted by molar-refractivity contribution is -0.143. The highest BCUT2D eigenvalue weighted by atomic mass is 32.2. The number of hydrogen-bond acceptors (Lipinski definition) is 16. The van der Waals surface area contributed by atoms with E-state index in [-0.39, 0.29) is 50.0 Å². The van der Waals surface area contributed by atoms with Gasteiger partial charge in [-0.25, -0.2) is 14.4 Å². The van der Waals surface area contributed by atoms with Gasteiger partial charge in [0, 0.05) is 81.5 Å². The number of piperazine rings is 1. The molecule has 3 atom stereocenters. The Hall–Kier alpha value is -5.66. The van der Waals surface area contributed by atoms with Crippen LogP contribution in [0.15, 0.2) is 54.2 Å². The second-order valence-electron chi connectivity index (χ2n) is 18.5. The molecule has 1 saturated carbocycles. The summed E-state index contributed by atoms with van der Waals surface area (Å²) in [4.78, 5) is 72.8. The summed E-state index contributed by atoms with van der Waals surface area (Å²) in [5, 5.41) is 21.5. The number of benzene rings is 2. The van der Waals surface area contributed by atoms with Crippen molar-refractivity contribution < 1.29 is 56.1 Å². The molecule has 3 fully saturated rings. The van der Waals surface area contributed by atoms with Gasteiger partial charge >= 0.3 is 6.18 Å². The summed E-state index contributed by atoms with van der Waals surface area (Å²) < 4.78 is 71.1. The van der Waals surface area contributed by atoms with Crippen molar-refractivity contribution in [2.24, 2.45) is 0 Å². The minimum atomic E-state index is -4.63. The molecule has 0 spiro atoms. The third kappa shape index (κ3) is 14.1. The highest BCUT2D eigenvalue weighted by Gasteiger charge is 2.54. The molecule has 4 aromatic rings. The van der Waals surface area contributed by atoms with Gasteiger partial charge in [-0.2, -0.15) is 29.9 Å². The van der Waals surface area contributed by atoms with Crippen LogP contribution in [0.4, 0.5) is 35.0 Å². The fourth-order valence-corrected chi connectivity index (χ4v) is 10.3. The molecular weight excluding hydrogens is 997 g/mol. The van der Waals surface area contributed by atoms with E-state index >= 15 is 4.39 Å². The van der Waals surface area contributed by atoms with E-state index in [0.29, 0.717) is 82.4 Å². The molecule has 1 unspecified atom stereocenters. The summed E-state index contributed by atoms with van der Waals surface area (Å²) in [5.41, 5.74) is 2.28. The minimum Gasteiger partial charge on any atom is -0.495 e. The van der Waals surface area contributed by atoms with Crippen molar-refractivity contribution in [1.82, 2.24) is 40.3 Å². The maximum Gasteiger partial charge on any atom is 0.421 e. The Bertz CT molecular complexity index is 2560. The molecule has 2 saturated heterocycles. The molecule has 2 aliphatic heterocycles. The molecule has 0 radical (unpaired) electrons. The number of anilines is 3. The van der Waals surface area contributed by atoms with Gasteiger partial charge in [0.25, 0.3) is 11.8 Å². The average molecular weight is 1060 g/mol. The van der Waals surface area contributed by atoms with Crippen LogP contribution in [-0.4, -0.2) is 173 Å². The summed E-state index contributed by atoms with van der Waals surface area (Å²) in [5.74, 6) is -1.87. The van der Waals surface area contributed by atoms with Crippen LogP contribution in [0.25, 0.3) is 10.4 Å². The summed E-state index contributed by atoms with van der Waals surface area (Å²) in [7, 11) is 2.74. The van der Waals surface area contributed by atoms with Crippen molar-refractivity contribution in [3.63, 3.8) is 0 Å². The molecule has 2 aromatic heterocycles. The maximum atomic E-state index is 15.0. The van der Waals surface area contributed by atoms with E-state index in [1.54, 1.807) is 53.8 Å². The van der Waals surface area contributed by atoms with Crippen molar-refractivity contribution in [3.8, 4) is 16.2 Å². The number of hydrogen-bond donors (Lipinski definition) is 5. The van der Waals surface area contributed by atoms with Crippen molar-refractivity contribution >= 4 is 64.2 Å². The monoisotopic (exact) mass is 1060 g/mol. The number of amides is 4. The summed E-state index contributed by atoms with van der Waals surface area (Å²) >= 11 is 2.91. The van der Waals surface area contributed by atoms with Gasteiger partial charge in [0.15, 0.2) is 5.67 Å². The number of nitrogens with zero attached hydrogens (tertiary/aromatic N) is 6. The number of aromatic nitrogens is 3. The largest absolute Gasteiger partial charge is 0.495 e. The number of thiazole rings is 1. The van der Waals surface area contributed by atoms with E-state index in [1.165, 1.54) is 30.8 Å². The van der Waals surface area contributed by atoms with E-state index in [1.807, 2.05) is 31.2 Å². The van der Waals surface area contributed by atoms with Crippen molar-refractivity contribution in [1.29, 1.82) is 0 Å². The van der Waals surface area contributed by atoms with E-state index in [2.05, 4.69) is 41.1 Å². The first-order chi connectivity index (χ1) is 34.8. The van der Waals surface area contributed by atoms with Gasteiger partial charge in [-0.15, -0.1) is 11.3 Å². The number of methoxy groups -OCH3 is 1. The Labute approximate surface area is 429 Å². The summed E-state index contributed by atoms with van der Waals surface area (Å²) in [6.07, 6.45) is -4.78. The molecular formula is C49H62F4N10O8S2. The molecule has 0 bridgehead atoms. The number of aliphatic hydroxyl groups is 1. The Morgan fingerprint density at radius 3 is 2.34 bits per heavy atom. The number of aryl methyl sites for hydroxylation is 1. The number of thioether (sulfide) groups is 1. The molecule has 4 heterocycles. The lowest BCUT2D eigenvalue weighted by Crippen LogP contribution is -2.61. The number of carbonyl (C=O) groups is 4. The van der Waals surface area contributed by atoms with Crippen LogP contribution >= 0.6 is 23.1 Å². The first-order valence-electron chi connectivity index (χ1n) is 23.9. The molecule has 73 heavy (non-hydrogen) atoms. The lowest BCUT2D eigenvalue weighted by Gasteiger charge is -2.37. The smallest absolute Gasteiger partial charge is 0.421 e. The Kier molecular flexibility index (Phi) is 18.2. The van der Waals surface area contributed by atoms with Gasteiger partial charge in [-0.3, -0.25) is 24.1 Å². The van der Waals surface area contributed by atoms with Gasteiger partial charge in [0.1, 0.15) is 29.2 Å². The molecule has 5 N–H and O–H groups in total. The number of aliphatic hydroxyl groups excluding tert-OH is 1. The number of rotatable bonds is 23. The van der Waals surface area contributed by atoms with E-state index < -0.39 is 63.9 Å². The van der Waals surface area contributed by atoms with Crippen molar-refractivity contribution in [2.45, 2.75) is 81.4 Å². The van der Waals surface area contributed by atoms with Crippen LogP contribution < -0.4 is 26.0 Å². The number of carbonyl (C=O) groups excluding carboxylic acids is 4. The zero-order chi connectivity index (χ0) is 52.5. The molecule has 3 aliphatic rings. The minimum absolute atomic E-state index is 0.0146. The fourth-order valence-electron chi connectivity index (χ4n) is 8.47. The Morgan fingerprint density at radius 2 is 1.70 bits per heavy atom. The number of β-amino-alcohol motifs (C(OH)–C–C–N with tert-alkyl or cyclic N) is 1. The standard InChI is InChI=1S/C49H62F4N10O8S2/c1-30-39(72-29-57-30)32-8-6-31(7-9-32)26-55-42(65)37-25-34(64)28-63(37)44(67)40(59-45(68)48(50)12-13-48)47(2,3)73-23-22-71-21-20-70-19-18-61-14-16-62(17-15-61)43(66)33-10-11-36(38(24-33)69-5)58-46-56-27-35(49(51,52)53)41(54-4)60-46/h6-11,24,27,29,34,37,40,64H,12-23,25-26,28H2,1-5H3,(H,55,65)(H,59,68)(H2,54,56,58,60)/t34-,37+,40?/m1/s1. The predicted octanol–water partition coefficient (Wildman–Crippen LogP) is 5.29. The van der Waals surface area contributed by atoms with Gasteiger partial charge in [-0.1, -0.05) is 24.3 Å². The number of likely N-dealkylation sites (tertiary alicyclic amines) is 1. The fraction of sp³-hybridized carbons (Fsp3) is 0.531. The topological polar surface area (TPSA) is 213 Å². The lowest BCUT2D eigenvalue weighted by atomic mass is 10.00. The molecule has 7 rings (SSSR count). The van der Waals surface area contributed by atoms with Crippen molar-refractivity contribution in [3.05, 3.63) is 76.6 Å². The van der Waals surface area contributed by atoms with Crippen molar-refractivity contribution in [2.75, 3.05) is 96.2 Å². The molecule has 396 valence electrons. The van der Waals surface area contributed by atoms with Crippen LogP contribution in [0, 0.1) is 6.92 Å². The quantitative estimate of drug-likeness (QED) is 0.0472. The predicted molar refractivity (Wildman–Crippen MR) is 269 cm³/mol. The van der Waals surface area contributed by atoms with E-state index in [9.17, 15) is 37.5 Å². The van der Waals surface area contributed by atoms with Crippen LogP contribution in [0.5, 0.6) is 5.75 Å².